The van der Waals surface area contributed by atoms with Crippen molar-refractivity contribution in [1.29, 1.82) is 0 Å². The quantitative estimate of drug-likeness (QED) is 0.765. The van der Waals surface area contributed by atoms with Crippen molar-refractivity contribution < 1.29 is 4.79 Å². The van der Waals surface area contributed by atoms with E-state index in [0.29, 0.717) is 0 Å². The Morgan fingerprint density at radius 2 is 1.93 bits per heavy atom. The zero-order valence-electron chi connectivity index (χ0n) is 17.3. The van der Waals surface area contributed by atoms with Gasteiger partial charge in [-0.05, 0) is 49.8 Å². The Morgan fingerprint density at radius 1 is 1.14 bits per heavy atom. The van der Waals surface area contributed by atoms with Crippen molar-refractivity contribution in [3.05, 3.63) is 53.3 Å². The second kappa shape index (κ2) is 9.35. The van der Waals surface area contributed by atoms with Gasteiger partial charge in [0.1, 0.15) is 0 Å². The van der Waals surface area contributed by atoms with E-state index in [1.54, 1.807) is 6.20 Å². The summed E-state index contributed by atoms with van der Waals surface area (Å²) in [5, 5.41) is 3.16. The number of fused-ring (bicyclic) bond motifs is 1. The van der Waals surface area contributed by atoms with E-state index in [0.717, 1.165) is 76.6 Å². The fraction of sp³-hybridized carbons (Fsp3) is 0.522. The number of amides is 1. The Labute approximate surface area is 173 Å². The molecule has 29 heavy (non-hydrogen) atoms. The number of rotatable bonds is 6. The summed E-state index contributed by atoms with van der Waals surface area (Å²) in [7, 11) is 0. The van der Waals surface area contributed by atoms with Crippen LogP contribution in [0.3, 0.4) is 0 Å². The molecule has 1 aromatic heterocycles. The largest absolute Gasteiger partial charge is 0.356 e. The second-order valence-electron chi connectivity index (χ2n) is 8.20. The van der Waals surface area contributed by atoms with Crippen LogP contribution in [0.15, 0.2) is 36.5 Å². The van der Waals surface area contributed by atoms with E-state index in [9.17, 15) is 4.79 Å². The van der Waals surface area contributed by atoms with Gasteiger partial charge in [-0.1, -0.05) is 24.3 Å². The number of hydrogen-bond donors (Lipinski definition) is 1. The summed E-state index contributed by atoms with van der Waals surface area (Å²) < 4.78 is 0. The number of nitrogens with one attached hydrogen (secondary N) is 1. The van der Waals surface area contributed by atoms with Gasteiger partial charge in [0.2, 0.25) is 11.9 Å². The van der Waals surface area contributed by atoms with Crippen molar-refractivity contribution in [2.75, 3.05) is 37.6 Å². The first-order valence-electron chi connectivity index (χ1n) is 10.8. The Balaban J connectivity index is 1.15. The first-order valence-corrected chi connectivity index (χ1v) is 10.8. The van der Waals surface area contributed by atoms with Crippen molar-refractivity contribution in [2.24, 2.45) is 5.92 Å². The minimum absolute atomic E-state index is 0.109. The molecule has 0 atom stereocenters. The first kappa shape index (κ1) is 19.8. The molecule has 4 rings (SSSR count). The predicted molar refractivity (Wildman–Crippen MR) is 115 cm³/mol. The van der Waals surface area contributed by atoms with Gasteiger partial charge in [0.05, 0.1) is 0 Å². The monoisotopic (exact) mass is 393 g/mol. The average Bonchev–Trinajstić information content (AvgIpc) is 2.76. The number of piperidine rings is 1. The molecule has 6 heteroatoms. The minimum atomic E-state index is 0.109. The first-order chi connectivity index (χ1) is 14.2. The summed E-state index contributed by atoms with van der Waals surface area (Å²) in [6, 6.07) is 10.6. The fourth-order valence-electron chi connectivity index (χ4n) is 4.33. The zero-order chi connectivity index (χ0) is 20.1. The lowest BCUT2D eigenvalue weighted by atomic mass is 9.96. The molecule has 0 saturated carbocycles. The number of benzene rings is 1. The van der Waals surface area contributed by atoms with Crippen LogP contribution in [0.25, 0.3) is 0 Å². The van der Waals surface area contributed by atoms with E-state index >= 15 is 0 Å². The molecule has 1 N–H and O–H groups in total. The van der Waals surface area contributed by atoms with Gasteiger partial charge in [0, 0.05) is 57.1 Å². The van der Waals surface area contributed by atoms with Gasteiger partial charge < -0.3 is 10.2 Å². The third-order valence-corrected chi connectivity index (χ3v) is 6.09. The Morgan fingerprint density at radius 3 is 2.72 bits per heavy atom. The van der Waals surface area contributed by atoms with Crippen LogP contribution in [-0.2, 0) is 17.8 Å². The number of anilines is 1. The fourth-order valence-corrected chi connectivity index (χ4v) is 4.33. The molecular weight excluding hydrogens is 362 g/mol. The molecule has 1 fully saturated rings. The lowest BCUT2D eigenvalue weighted by Crippen LogP contribution is -2.42. The maximum Gasteiger partial charge on any atom is 0.225 e. The summed E-state index contributed by atoms with van der Waals surface area (Å²) >= 11 is 0. The van der Waals surface area contributed by atoms with Crippen molar-refractivity contribution >= 4 is 11.9 Å². The highest BCUT2D eigenvalue weighted by Gasteiger charge is 2.26. The van der Waals surface area contributed by atoms with Gasteiger partial charge in [-0.25, -0.2) is 9.97 Å². The summed E-state index contributed by atoms with van der Waals surface area (Å²) in [6.07, 6.45) is 5.67. The number of hydrogen-bond acceptors (Lipinski definition) is 5. The molecule has 1 aromatic carbocycles. The van der Waals surface area contributed by atoms with Gasteiger partial charge in [-0.3, -0.25) is 9.69 Å². The van der Waals surface area contributed by atoms with Crippen LogP contribution >= 0.6 is 0 Å². The van der Waals surface area contributed by atoms with Crippen molar-refractivity contribution in [1.82, 2.24) is 20.2 Å². The summed E-state index contributed by atoms with van der Waals surface area (Å²) in [6.45, 7) is 7.61. The number of aromatic nitrogens is 2. The molecule has 0 spiro atoms. The van der Waals surface area contributed by atoms with Crippen LogP contribution in [0.2, 0.25) is 0 Å². The Bertz CT molecular complexity index is 832. The normalized spacial score (nSPS) is 17.8. The van der Waals surface area contributed by atoms with E-state index in [1.807, 2.05) is 13.0 Å². The molecule has 0 radical (unpaired) electrons. The van der Waals surface area contributed by atoms with Crippen LogP contribution < -0.4 is 10.2 Å². The van der Waals surface area contributed by atoms with E-state index in [4.69, 9.17) is 0 Å². The van der Waals surface area contributed by atoms with E-state index in [1.165, 1.54) is 11.1 Å². The zero-order valence-corrected chi connectivity index (χ0v) is 17.3. The molecule has 0 unspecified atom stereocenters. The topological polar surface area (TPSA) is 61.4 Å². The Hall–Kier alpha value is -2.47. The molecule has 3 heterocycles. The predicted octanol–water partition coefficient (Wildman–Crippen LogP) is 2.57. The molecule has 154 valence electrons. The molecule has 0 aliphatic carbocycles. The van der Waals surface area contributed by atoms with Crippen LogP contribution in [0.1, 0.15) is 36.1 Å². The molecule has 6 nitrogen and oxygen atoms in total. The highest BCUT2D eigenvalue weighted by Crippen LogP contribution is 2.21. The lowest BCUT2D eigenvalue weighted by Gasteiger charge is -2.31. The lowest BCUT2D eigenvalue weighted by molar-refractivity contribution is -0.125. The van der Waals surface area contributed by atoms with Crippen LogP contribution in [-0.4, -0.2) is 53.5 Å². The standard InChI is InChI=1S/C23H31N5O/c1-18-7-12-25-23(26-18)28-15-9-20(10-16-28)22(29)24-11-4-13-27-14-8-19-5-2-3-6-21(19)17-27/h2-3,5-7,12,20H,4,8-11,13-17H2,1H3,(H,24,29). The summed E-state index contributed by atoms with van der Waals surface area (Å²) in [4.78, 5) is 26.1. The molecule has 1 amide bonds. The number of carbonyl (C=O) groups is 1. The van der Waals surface area contributed by atoms with Gasteiger partial charge in [0.15, 0.2) is 0 Å². The van der Waals surface area contributed by atoms with Crippen LogP contribution in [0.5, 0.6) is 0 Å². The highest BCUT2D eigenvalue weighted by atomic mass is 16.1. The molecule has 2 aromatic rings. The number of aryl methyl sites for hydroxylation is 1. The summed E-state index contributed by atoms with van der Waals surface area (Å²) in [5.41, 5.74) is 3.92. The van der Waals surface area contributed by atoms with Crippen LogP contribution in [0.4, 0.5) is 5.95 Å². The number of nitrogens with zero attached hydrogens (tertiary/aromatic N) is 4. The van der Waals surface area contributed by atoms with E-state index < -0.39 is 0 Å². The van der Waals surface area contributed by atoms with E-state index in [2.05, 4.69) is 49.4 Å². The van der Waals surface area contributed by atoms with Crippen LogP contribution in [0, 0.1) is 12.8 Å². The molecule has 0 bridgehead atoms. The maximum atomic E-state index is 12.5. The van der Waals surface area contributed by atoms with E-state index in [-0.39, 0.29) is 11.8 Å². The molecule has 2 aliphatic heterocycles. The molecule has 2 aliphatic rings. The molecule has 1 saturated heterocycles. The Kier molecular flexibility index (Phi) is 6.39. The smallest absolute Gasteiger partial charge is 0.225 e. The number of carbonyl (C=O) groups excluding carboxylic acids is 1. The second-order valence-corrected chi connectivity index (χ2v) is 8.20. The van der Waals surface area contributed by atoms with Crippen molar-refractivity contribution in [2.45, 2.75) is 39.2 Å². The third kappa shape index (κ3) is 5.12. The van der Waals surface area contributed by atoms with Gasteiger partial charge >= 0.3 is 0 Å². The third-order valence-electron chi connectivity index (χ3n) is 6.09. The van der Waals surface area contributed by atoms with Crippen molar-refractivity contribution in [3.63, 3.8) is 0 Å². The summed E-state index contributed by atoms with van der Waals surface area (Å²) in [5.74, 6) is 1.10. The van der Waals surface area contributed by atoms with Crippen molar-refractivity contribution in [3.8, 4) is 0 Å². The van der Waals surface area contributed by atoms with Gasteiger partial charge in [0.25, 0.3) is 0 Å². The SMILES string of the molecule is Cc1ccnc(N2CCC(C(=O)NCCCN3CCc4ccccc4C3)CC2)n1. The molecular formula is C23H31N5O. The highest BCUT2D eigenvalue weighted by molar-refractivity contribution is 5.78. The van der Waals surface area contributed by atoms with Gasteiger partial charge in [-0.2, -0.15) is 0 Å². The minimum Gasteiger partial charge on any atom is -0.356 e. The average molecular weight is 394 g/mol. The maximum absolute atomic E-state index is 12.5. The van der Waals surface area contributed by atoms with Gasteiger partial charge in [-0.15, -0.1) is 0 Å².